The molecule has 0 spiro atoms. The van der Waals surface area contributed by atoms with Gasteiger partial charge >= 0.3 is 0 Å². The third kappa shape index (κ3) is 4.92. The van der Waals surface area contributed by atoms with Gasteiger partial charge in [0, 0.05) is 11.5 Å². The predicted molar refractivity (Wildman–Crippen MR) is 77.3 cm³/mol. The number of rotatable bonds is 5. The molecule has 1 rings (SSSR count). The average molecular weight is 282 g/mol. The van der Waals surface area contributed by atoms with Gasteiger partial charge in [-0.2, -0.15) is 4.98 Å². The maximum Gasteiger partial charge on any atom is 0.243 e. The van der Waals surface area contributed by atoms with E-state index in [0.717, 1.165) is 0 Å². The summed E-state index contributed by atoms with van der Waals surface area (Å²) in [4.78, 5) is 18.1. The first-order chi connectivity index (χ1) is 9.10. The normalized spacial score (nSPS) is 13.8. The molecule has 1 N–H and O–H groups in total. The van der Waals surface area contributed by atoms with Crippen LogP contribution in [0.4, 0.5) is 0 Å². The minimum absolute atomic E-state index is 0.0181. The smallest absolute Gasteiger partial charge is 0.243 e. The number of aromatic nitrogens is 2. The van der Waals surface area contributed by atoms with Crippen molar-refractivity contribution < 1.29 is 9.32 Å². The summed E-state index contributed by atoms with van der Waals surface area (Å²) in [5.74, 6) is 1.45. The molecule has 1 aromatic heterocycles. The quantitative estimate of drug-likeness (QED) is 0.895. The van der Waals surface area contributed by atoms with Crippen LogP contribution in [0, 0.1) is 0 Å². The molecule has 0 aliphatic rings. The Morgan fingerprint density at radius 2 is 1.95 bits per heavy atom. The second kappa shape index (κ2) is 6.35. The maximum absolute atomic E-state index is 11.9. The van der Waals surface area contributed by atoms with Crippen molar-refractivity contribution in [1.82, 2.24) is 20.4 Å². The van der Waals surface area contributed by atoms with Gasteiger partial charge in [0.05, 0.1) is 12.6 Å². The molecule has 0 saturated carbocycles. The summed E-state index contributed by atoms with van der Waals surface area (Å²) in [5.41, 5.74) is -0.226. The van der Waals surface area contributed by atoms with Crippen molar-refractivity contribution >= 4 is 5.91 Å². The predicted octanol–water partition coefficient (Wildman–Crippen LogP) is 2.10. The first-order valence-corrected chi connectivity index (χ1v) is 6.95. The van der Waals surface area contributed by atoms with Crippen molar-refractivity contribution in [2.24, 2.45) is 0 Å². The second-order valence-electron chi connectivity index (χ2n) is 6.53. The van der Waals surface area contributed by atoms with E-state index >= 15 is 0 Å². The Bertz CT molecular complexity index is 448. The summed E-state index contributed by atoms with van der Waals surface area (Å²) >= 11 is 0. The highest BCUT2D eigenvalue weighted by Crippen LogP contribution is 2.19. The van der Waals surface area contributed by atoms with Crippen LogP contribution in [0.3, 0.4) is 0 Å². The molecular formula is C14H26N4O2. The lowest BCUT2D eigenvalue weighted by Gasteiger charge is -2.25. The summed E-state index contributed by atoms with van der Waals surface area (Å²) in [7, 11) is 1.87. The average Bonchev–Trinajstić information content (AvgIpc) is 2.74. The highest BCUT2D eigenvalue weighted by Gasteiger charge is 2.22. The van der Waals surface area contributed by atoms with Crippen molar-refractivity contribution in [3.63, 3.8) is 0 Å². The van der Waals surface area contributed by atoms with E-state index in [0.29, 0.717) is 11.7 Å². The number of hydrogen-bond acceptors (Lipinski definition) is 5. The number of nitrogens with zero attached hydrogens (tertiary/aromatic N) is 3. The SMILES string of the molecule is CC(C)c1noc([C@@H](C)N(C)CC(=O)NC(C)(C)C)n1. The Kier molecular flexibility index (Phi) is 5.28. The maximum atomic E-state index is 11.9. The molecule has 0 bridgehead atoms. The topological polar surface area (TPSA) is 71.3 Å². The molecule has 1 amide bonds. The lowest BCUT2D eigenvalue weighted by atomic mass is 10.1. The molecule has 1 aromatic rings. The first kappa shape index (κ1) is 16.6. The van der Waals surface area contributed by atoms with E-state index in [1.54, 1.807) is 0 Å². The summed E-state index contributed by atoms with van der Waals surface area (Å²) in [6, 6.07) is -0.0966. The molecule has 6 heteroatoms. The Morgan fingerprint density at radius 1 is 1.35 bits per heavy atom. The number of carbonyl (C=O) groups is 1. The van der Waals surface area contributed by atoms with Crippen molar-refractivity contribution in [3.8, 4) is 0 Å². The number of carbonyl (C=O) groups excluding carboxylic acids is 1. The van der Waals surface area contributed by atoms with Gasteiger partial charge < -0.3 is 9.84 Å². The second-order valence-corrected chi connectivity index (χ2v) is 6.53. The summed E-state index contributed by atoms with van der Waals surface area (Å²) in [6.45, 7) is 12.1. The third-order valence-corrected chi connectivity index (χ3v) is 2.90. The monoisotopic (exact) mass is 282 g/mol. The molecule has 114 valence electrons. The number of nitrogens with one attached hydrogen (secondary N) is 1. The van der Waals surface area contributed by atoms with Crippen LogP contribution < -0.4 is 5.32 Å². The Balaban J connectivity index is 2.62. The molecule has 20 heavy (non-hydrogen) atoms. The molecule has 0 aromatic carbocycles. The Morgan fingerprint density at radius 3 is 2.40 bits per heavy atom. The molecule has 0 aliphatic carbocycles. The molecule has 0 saturated heterocycles. The van der Waals surface area contributed by atoms with Gasteiger partial charge in [0.1, 0.15) is 0 Å². The highest BCUT2D eigenvalue weighted by atomic mass is 16.5. The zero-order chi connectivity index (χ0) is 15.5. The van der Waals surface area contributed by atoms with Crippen LogP contribution >= 0.6 is 0 Å². The van der Waals surface area contributed by atoms with Crippen LogP contribution in [-0.4, -0.2) is 40.1 Å². The zero-order valence-corrected chi connectivity index (χ0v) is 13.5. The molecular weight excluding hydrogens is 256 g/mol. The van der Waals surface area contributed by atoms with Gasteiger partial charge in [-0.3, -0.25) is 9.69 Å². The molecule has 6 nitrogen and oxygen atoms in total. The van der Waals surface area contributed by atoms with Crippen molar-refractivity contribution in [3.05, 3.63) is 11.7 Å². The standard InChI is InChI=1S/C14H26N4O2/c1-9(2)12-15-13(20-17-12)10(3)18(7)8-11(19)16-14(4,5)6/h9-10H,8H2,1-7H3,(H,16,19)/t10-/m1/s1. The first-order valence-electron chi connectivity index (χ1n) is 6.95. The van der Waals surface area contributed by atoms with Gasteiger partial charge in [0.15, 0.2) is 5.82 Å². The van der Waals surface area contributed by atoms with Gasteiger partial charge in [-0.15, -0.1) is 0 Å². The van der Waals surface area contributed by atoms with Crippen molar-refractivity contribution in [2.75, 3.05) is 13.6 Å². The lowest BCUT2D eigenvalue weighted by molar-refractivity contribution is -0.123. The molecule has 0 radical (unpaired) electrons. The molecule has 0 fully saturated rings. The summed E-state index contributed by atoms with van der Waals surface area (Å²) < 4.78 is 5.26. The number of hydrogen-bond donors (Lipinski definition) is 1. The summed E-state index contributed by atoms with van der Waals surface area (Å²) in [5, 5.41) is 6.88. The minimum atomic E-state index is -0.226. The molecule has 1 atom stereocenters. The van der Waals surface area contributed by atoms with Crippen molar-refractivity contribution in [2.45, 2.75) is 59.0 Å². The molecule has 0 aliphatic heterocycles. The molecule has 1 heterocycles. The highest BCUT2D eigenvalue weighted by molar-refractivity contribution is 5.78. The van der Waals surface area contributed by atoms with Gasteiger partial charge in [0.2, 0.25) is 11.8 Å². The van der Waals surface area contributed by atoms with Crippen LogP contribution in [0.5, 0.6) is 0 Å². The van der Waals surface area contributed by atoms with Crippen LogP contribution in [-0.2, 0) is 4.79 Å². The van der Waals surface area contributed by atoms with E-state index in [9.17, 15) is 4.79 Å². The zero-order valence-electron chi connectivity index (χ0n) is 13.5. The van der Waals surface area contributed by atoms with Gasteiger partial charge in [-0.05, 0) is 34.7 Å². The van der Waals surface area contributed by atoms with E-state index in [4.69, 9.17) is 4.52 Å². The lowest BCUT2D eigenvalue weighted by Crippen LogP contribution is -2.45. The van der Waals surface area contributed by atoms with Crippen molar-refractivity contribution in [1.29, 1.82) is 0 Å². The van der Waals surface area contributed by atoms with Crippen LogP contribution in [0.2, 0.25) is 0 Å². The fourth-order valence-electron chi connectivity index (χ4n) is 1.66. The largest absolute Gasteiger partial charge is 0.350 e. The third-order valence-electron chi connectivity index (χ3n) is 2.90. The van der Waals surface area contributed by atoms with Gasteiger partial charge in [-0.1, -0.05) is 19.0 Å². The van der Waals surface area contributed by atoms with E-state index < -0.39 is 0 Å². The Labute approximate surface area is 120 Å². The van der Waals surface area contributed by atoms with E-state index in [-0.39, 0.29) is 30.0 Å². The van der Waals surface area contributed by atoms with Crippen LogP contribution in [0.1, 0.15) is 65.2 Å². The van der Waals surface area contributed by atoms with E-state index in [1.807, 2.05) is 53.5 Å². The summed E-state index contributed by atoms with van der Waals surface area (Å²) in [6.07, 6.45) is 0. The van der Waals surface area contributed by atoms with E-state index in [1.165, 1.54) is 0 Å². The fourth-order valence-corrected chi connectivity index (χ4v) is 1.66. The number of likely N-dealkylation sites (N-methyl/N-ethyl adjacent to an activating group) is 1. The minimum Gasteiger partial charge on any atom is -0.350 e. The van der Waals surface area contributed by atoms with E-state index in [2.05, 4.69) is 15.5 Å². The van der Waals surface area contributed by atoms with Crippen LogP contribution in [0.25, 0.3) is 0 Å². The van der Waals surface area contributed by atoms with Gasteiger partial charge in [0.25, 0.3) is 0 Å². The van der Waals surface area contributed by atoms with Gasteiger partial charge in [-0.25, -0.2) is 0 Å². The Hall–Kier alpha value is -1.43. The fraction of sp³-hybridized carbons (Fsp3) is 0.786. The number of amides is 1. The van der Waals surface area contributed by atoms with Crippen LogP contribution in [0.15, 0.2) is 4.52 Å². The molecule has 0 unspecified atom stereocenters.